The summed E-state index contributed by atoms with van der Waals surface area (Å²) in [4.78, 5) is 11.7. The van der Waals surface area contributed by atoms with Gasteiger partial charge in [-0.1, -0.05) is 76.5 Å². The summed E-state index contributed by atoms with van der Waals surface area (Å²) in [6.07, 6.45) is 15.8. The van der Waals surface area contributed by atoms with Gasteiger partial charge in [-0.15, -0.1) is 0 Å². The van der Waals surface area contributed by atoms with E-state index < -0.39 is 0 Å². The lowest BCUT2D eigenvalue weighted by Crippen LogP contribution is -2.19. The van der Waals surface area contributed by atoms with E-state index in [4.69, 9.17) is 5.11 Å². The van der Waals surface area contributed by atoms with Crippen LogP contribution in [0.5, 0.6) is 0 Å². The molecule has 138 valence electrons. The van der Waals surface area contributed by atoms with Crippen molar-refractivity contribution in [3.05, 3.63) is 0 Å². The molecule has 0 aliphatic carbocycles. The maximum Gasteiger partial charge on any atom is 0.188 e. The van der Waals surface area contributed by atoms with Crippen molar-refractivity contribution in [1.82, 2.24) is 5.32 Å². The van der Waals surface area contributed by atoms with Crippen molar-refractivity contribution in [2.24, 2.45) is 0 Å². The summed E-state index contributed by atoms with van der Waals surface area (Å²) in [6.45, 7) is 4.18. The molecule has 0 spiro atoms. The molecule has 0 unspecified atom stereocenters. The van der Waals surface area contributed by atoms with Crippen molar-refractivity contribution < 1.29 is 9.90 Å². The average molecular weight is 346 g/mol. The number of nitrogens with one attached hydrogen (secondary N) is 1. The Kier molecular flexibility index (Phi) is 19.9. The van der Waals surface area contributed by atoms with E-state index in [1.165, 1.54) is 64.2 Å². The lowest BCUT2D eigenvalue weighted by molar-refractivity contribution is -0.111. The summed E-state index contributed by atoms with van der Waals surface area (Å²) in [5, 5.41) is 12.2. The third kappa shape index (κ3) is 19.9. The SMILES string of the molecule is CCCCCCCCCC(=O)SCCCCCCCNCCO. The normalized spacial score (nSPS) is 11.0. The van der Waals surface area contributed by atoms with Gasteiger partial charge in [-0.05, 0) is 25.8 Å². The molecular weight excluding hydrogens is 306 g/mol. The number of aliphatic hydroxyl groups excluding tert-OH is 1. The molecule has 0 aromatic heterocycles. The zero-order chi connectivity index (χ0) is 17.0. The summed E-state index contributed by atoms with van der Waals surface area (Å²) >= 11 is 1.54. The van der Waals surface area contributed by atoms with Crippen LogP contribution in [0.1, 0.15) is 90.4 Å². The summed E-state index contributed by atoms with van der Waals surface area (Å²) in [5.41, 5.74) is 0. The van der Waals surface area contributed by atoms with Crippen molar-refractivity contribution in [2.75, 3.05) is 25.4 Å². The molecule has 0 aromatic rings. The smallest absolute Gasteiger partial charge is 0.188 e. The van der Waals surface area contributed by atoms with Gasteiger partial charge in [0.05, 0.1) is 6.61 Å². The largest absolute Gasteiger partial charge is 0.395 e. The molecule has 0 radical (unpaired) electrons. The molecule has 2 N–H and O–H groups in total. The van der Waals surface area contributed by atoms with Gasteiger partial charge in [-0.25, -0.2) is 0 Å². The molecule has 0 aromatic carbocycles. The minimum atomic E-state index is 0.226. The molecular formula is C19H39NO2S. The third-order valence-corrected chi connectivity index (χ3v) is 5.05. The summed E-state index contributed by atoms with van der Waals surface area (Å²) < 4.78 is 0. The van der Waals surface area contributed by atoms with Crippen LogP contribution in [0.15, 0.2) is 0 Å². The highest BCUT2D eigenvalue weighted by Crippen LogP contribution is 2.15. The first-order chi connectivity index (χ1) is 11.3. The first-order valence-electron chi connectivity index (χ1n) is 9.78. The van der Waals surface area contributed by atoms with E-state index in [1.54, 1.807) is 11.8 Å². The molecule has 3 nitrogen and oxygen atoms in total. The Bertz CT molecular complexity index is 250. The van der Waals surface area contributed by atoms with E-state index in [-0.39, 0.29) is 6.61 Å². The Hall–Kier alpha value is -0.0600. The molecule has 23 heavy (non-hydrogen) atoms. The summed E-state index contributed by atoms with van der Waals surface area (Å²) in [7, 11) is 0. The molecule has 0 bridgehead atoms. The van der Waals surface area contributed by atoms with Crippen LogP contribution in [0.3, 0.4) is 0 Å². The second kappa shape index (κ2) is 20.0. The number of unbranched alkanes of at least 4 members (excludes halogenated alkanes) is 10. The Morgan fingerprint density at radius 1 is 0.826 bits per heavy atom. The lowest BCUT2D eigenvalue weighted by atomic mass is 10.1. The van der Waals surface area contributed by atoms with Crippen molar-refractivity contribution in [2.45, 2.75) is 90.4 Å². The summed E-state index contributed by atoms with van der Waals surface area (Å²) in [5.74, 6) is 0.998. The number of rotatable bonds is 18. The molecule has 0 aliphatic heterocycles. The van der Waals surface area contributed by atoms with E-state index in [9.17, 15) is 4.79 Å². The van der Waals surface area contributed by atoms with Gasteiger partial charge >= 0.3 is 0 Å². The van der Waals surface area contributed by atoms with Gasteiger partial charge in [0.2, 0.25) is 0 Å². The van der Waals surface area contributed by atoms with Crippen LogP contribution < -0.4 is 5.32 Å². The van der Waals surface area contributed by atoms with Gasteiger partial charge in [0.25, 0.3) is 0 Å². The van der Waals surface area contributed by atoms with Gasteiger partial charge in [0.1, 0.15) is 0 Å². The highest BCUT2D eigenvalue weighted by molar-refractivity contribution is 8.13. The van der Waals surface area contributed by atoms with Crippen LogP contribution in [0.4, 0.5) is 0 Å². The molecule has 0 saturated carbocycles. The first kappa shape index (κ1) is 22.9. The van der Waals surface area contributed by atoms with Crippen molar-refractivity contribution in [3.63, 3.8) is 0 Å². The lowest BCUT2D eigenvalue weighted by Gasteiger charge is -2.04. The highest BCUT2D eigenvalue weighted by atomic mass is 32.2. The molecule has 4 heteroatoms. The van der Waals surface area contributed by atoms with Crippen LogP contribution in [0, 0.1) is 0 Å². The Labute approximate surface area is 148 Å². The quantitative estimate of drug-likeness (QED) is 0.346. The zero-order valence-electron chi connectivity index (χ0n) is 15.3. The van der Waals surface area contributed by atoms with Crippen LogP contribution in [-0.4, -0.2) is 35.7 Å². The third-order valence-electron chi connectivity index (χ3n) is 4.03. The number of hydrogen-bond donors (Lipinski definition) is 2. The fraction of sp³-hybridized carbons (Fsp3) is 0.947. The van der Waals surface area contributed by atoms with E-state index in [0.29, 0.717) is 11.7 Å². The molecule has 0 atom stereocenters. The molecule has 0 saturated heterocycles. The van der Waals surface area contributed by atoms with Crippen molar-refractivity contribution in [3.8, 4) is 0 Å². The Balaban J connectivity index is 3.13. The standard InChI is InChI=1S/C19H39NO2S/c1-2-3-4-5-6-8-11-14-19(22)23-18-13-10-7-9-12-15-20-16-17-21/h20-21H,2-18H2,1H3. The number of carbonyl (C=O) groups excluding carboxylic acids is 1. The van der Waals surface area contributed by atoms with Crippen LogP contribution in [-0.2, 0) is 4.79 Å². The van der Waals surface area contributed by atoms with Crippen LogP contribution >= 0.6 is 11.8 Å². The summed E-state index contributed by atoms with van der Waals surface area (Å²) in [6, 6.07) is 0. The number of hydrogen-bond acceptors (Lipinski definition) is 4. The van der Waals surface area contributed by atoms with Gasteiger partial charge in [0, 0.05) is 18.7 Å². The van der Waals surface area contributed by atoms with Gasteiger partial charge in [0.15, 0.2) is 5.12 Å². The minimum Gasteiger partial charge on any atom is -0.395 e. The predicted molar refractivity (Wildman–Crippen MR) is 103 cm³/mol. The minimum absolute atomic E-state index is 0.226. The van der Waals surface area contributed by atoms with Gasteiger partial charge < -0.3 is 10.4 Å². The predicted octanol–water partition coefficient (Wildman–Crippen LogP) is 4.92. The van der Waals surface area contributed by atoms with E-state index in [0.717, 1.165) is 31.6 Å². The highest BCUT2D eigenvalue weighted by Gasteiger charge is 2.02. The molecule has 0 aliphatic rings. The van der Waals surface area contributed by atoms with Crippen LogP contribution in [0.2, 0.25) is 0 Å². The first-order valence-corrected chi connectivity index (χ1v) is 10.8. The number of aliphatic hydroxyl groups is 1. The van der Waals surface area contributed by atoms with E-state index >= 15 is 0 Å². The van der Waals surface area contributed by atoms with Crippen molar-refractivity contribution >= 4 is 16.9 Å². The van der Waals surface area contributed by atoms with Crippen molar-refractivity contribution in [1.29, 1.82) is 0 Å². The average Bonchev–Trinajstić information content (AvgIpc) is 2.55. The monoisotopic (exact) mass is 345 g/mol. The van der Waals surface area contributed by atoms with Gasteiger partial charge in [-0.2, -0.15) is 0 Å². The fourth-order valence-electron chi connectivity index (χ4n) is 2.57. The molecule has 0 heterocycles. The fourth-order valence-corrected chi connectivity index (χ4v) is 3.44. The van der Waals surface area contributed by atoms with E-state index in [1.807, 2.05) is 0 Å². The van der Waals surface area contributed by atoms with Gasteiger partial charge in [-0.3, -0.25) is 4.79 Å². The Morgan fingerprint density at radius 2 is 1.43 bits per heavy atom. The Morgan fingerprint density at radius 3 is 2.13 bits per heavy atom. The maximum atomic E-state index is 11.7. The van der Waals surface area contributed by atoms with E-state index in [2.05, 4.69) is 12.2 Å². The maximum absolute atomic E-state index is 11.7. The van der Waals surface area contributed by atoms with Crippen LogP contribution in [0.25, 0.3) is 0 Å². The topological polar surface area (TPSA) is 49.3 Å². The molecule has 0 rings (SSSR count). The number of carbonyl (C=O) groups is 1. The second-order valence-corrected chi connectivity index (χ2v) is 7.49. The molecule has 0 amide bonds. The number of thioether (sulfide) groups is 1. The molecule has 0 fully saturated rings. The second-order valence-electron chi connectivity index (χ2n) is 6.33. The zero-order valence-corrected chi connectivity index (χ0v) is 16.1.